The second-order valence-electron chi connectivity index (χ2n) is 7.53. The normalized spacial score (nSPS) is 14.3. The van der Waals surface area contributed by atoms with E-state index in [1.807, 2.05) is 35.9 Å². The molecule has 0 unspecified atom stereocenters. The summed E-state index contributed by atoms with van der Waals surface area (Å²) < 4.78 is 13.5. The number of halogens is 2. The summed E-state index contributed by atoms with van der Waals surface area (Å²) in [6, 6.07) is 7.64. The molecule has 0 aliphatic carbocycles. The van der Waals surface area contributed by atoms with Crippen molar-refractivity contribution in [3.8, 4) is 5.75 Å². The molecule has 2 aromatic heterocycles. The van der Waals surface area contributed by atoms with Crippen LogP contribution in [0.2, 0.25) is 0 Å². The van der Waals surface area contributed by atoms with Crippen LogP contribution in [0, 0.1) is 0 Å². The second kappa shape index (κ2) is 11.6. The van der Waals surface area contributed by atoms with E-state index in [4.69, 9.17) is 9.47 Å². The van der Waals surface area contributed by atoms with Crippen molar-refractivity contribution in [3.05, 3.63) is 51.8 Å². The average Bonchev–Trinajstić information content (AvgIpc) is 3.08. The fourth-order valence-corrected chi connectivity index (χ4v) is 5.37. The molecule has 7 nitrogen and oxygen atoms in total. The molecule has 178 valence electrons. The SMILES string of the molecule is CCOC(=O)c1c(CSc2ccccn2)n(C)c2cc(Br)c(O)c(CN3CCOCC3)c12.Cl. The van der Waals surface area contributed by atoms with E-state index in [2.05, 4.69) is 25.8 Å². The van der Waals surface area contributed by atoms with Crippen LogP contribution in [0.4, 0.5) is 0 Å². The number of benzene rings is 1. The van der Waals surface area contributed by atoms with Crippen LogP contribution >= 0.6 is 40.1 Å². The first kappa shape index (κ1) is 25.8. The third-order valence-electron chi connectivity index (χ3n) is 5.60. The molecule has 1 N–H and O–H groups in total. The molecule has 0 spiro atoms. The zero-order valence-corrected chi connectivity index (χ0v) is 21.8. The minimum Gasteiger partial charge on any atom is -0.506 e. The lowest BCUT2D eigenvalue weighted by molar-refractivity contribution is 0.0340. The first-order chi connectivity index (χ1) is 15.5. The number of pyridine rings is 1. The summed E-state index contributed by atoms with van der Waals surface area (Å²) in [5.41, 5.74) is 2.95. The third kappa shape index (κ3) is 5.49. The molecule has 1 aromatic carbocycles. The Balaban J connectivity index is 0.00000306. The molecular formula is C23H27BrClN3O4S. The molecule has 1 fully saturated rings. The molecule has 0 atom stereocenters. The fraction of sp³-hybridized carbons (Fsp3) is 0.391. The lowest BCUT2D eigenvalue weighted by Gasteiger charge is -2.27. The van der Waals surface area contributed by atoms with Gasteiger partial charge in [-0.05, 0) is 41.1 Å². The van der Waals surface area contributed by atoms with Gasteiger partial charge in [-0.3, -0.25) is 4.90 Å². The number of phenols is 1. The molecule has 0 bridgehead atoms. The fourth-order valence-electron chi connectivity index (χ4n) is 3.98. The molecule has 33 heavy (non-hydrogen) atoms. The number of hydrogen-bond acceptors (Lipinski definition) is 7. The van der Waals surface area contributed by atoms with Gasteiger partial charge in [0, 0.05) is 55.3 Å². The molecule has 3 heterocycles. The Labute approximate surface area is 212 Å². The third-order valence-corrected chi connectivity index (χ3v) is 7.16. The van der Waals surface area contributed by atoms with Gasteiger partial charge >= 0.3 is 5.97 Å². The van der Waals surface area contributed by atoms with Crippen LogP contribution in [0.5, 0.6) is 5.75 Å². The molecule has 0 amide bonds. The first-order valence-electron chi connectivity index (χ1n) is 10.5. The highest BCUT2D eigenvalue weighted by molar-refractivity contribution is 9.10. The Morgan fingerprint density at radius 2 is 2.09 bits per heavy atom. The van der Waals surface area contributed by atoms with Gasteiger partial charge in [-0.1, -0.05) is 6.07 Å². The predicted octanol–water partition coefficient (Wildman–Crippen LogP) is 4.76. The van der Waals surface area contributed by atoms with Gasteiger partial charge in [0.1, 0.15) is 5.75 Å². The molecule has 1 aliphatic rings. The zero-order valence-electron chi connectivity index (χ0n) is 18.5. The van der Waals surface area contributed by atoms with Crippen molar-refractivity contribution in [1.82, 2.24) is 14.5 Å². The molecule has 0 saturated carbocycles. The Morgan fingerprint density at radius 1 is 1.33 bits per heavy atom. The average molecular weight is 557 g/mol. The van der Waals surface area contributed by atoms with Gasteiger partial charge in [0.25, 0.3) is 0 Å². The van der Waals surface area contributed by atoms with Crippen LogP contribution in [0.1, 0.15) is 28.5 Å². The van der Waals surface area contributed by atoms with Gasteiger partial charge < -0.3 is 19.1 Å². The van der Waals surface area contributed by atoms with Gasteiger partial charge in [-0.25, -0.2) is 9.78 Å². The number of carbonyl (C=O) groups excluding carboxylic acids is 1. The largest absolute Gasteiger partial charge is 0.506 e. The topological polar surface area (TPSA) is 76.8 Å². The van der Waals surface area contributed by atoms with E-state index in [9.17, 15) is 9.90 Å². The van der Waals surface area contributed by atoms with E-state index in [1.165, 1.54) is 0 Å². The number of rotatable bonds is 7. The highest BCUT2D eigenvalue weighted by atomic mass is 79.9. The monoisotopic (exact) mass is 555 g/mol. The van der Waals surface area contributed by atoms with Crippen molar-refractivity contribution in [2.75, 3.05) is 32.9 Å². The maximum atomic E-state index is 13.2. The maximum absolute atomic E-state index is 13.2. The number of esters is 1. The second-order valence-corrected chi connectivity index (χ2v) is 9.38. The summed E-state index contributed by atoms with van der Waals surface area (Å²) in [4.78, 5) is 19.8. The minimum atomic E-state index is -0.375. The van der Waals surface area contributed by atoms with Crippen molar-refractivity contribution in [2.45, 2.75) is 24.2 Å². The Hall–Kier alpha value is -1.78. The van der Waals surface area contributed by atoms with Crippen molar-refractivity contribution in [3.63, 3.8) is 0 Å². The standard InChI is InChI=1S/C23H26BrN3O4S.ClH/c1-3-31-23(29)21-18(14-32-19-6-4-5-7-25-19)26(2)17-12-16(24)22(28)15(20(17)21)13-27-8-10-30-11-9-27;/h4-7,12,28H,3,8-11,13-14H2,1-2H3;1H. The highest BCUT2D eigenvalue weighted by Gasteiger charge is 2.28. The maximum Gasteiger partial charge on any atom is 0.340 e. The summed E-state index contributed by atoms with van der Waals surface area (Å²) in [7, 11) is 1.95. The van der Waals surface area contributed by atoms with E-state index in [-0.39, 0.29) is 30.7 Å². The van der Waals surface area contributed by atoms with Crippen LogP contribution in [0.15, 0.2) is 40.0 Å². The molecule has 0 radical (unpaired) electrons. The number of hydrogen-bond donors (Lipinski definition) is 1. The summed E-state index contributed by atoms with van der Waals surface area (Å²) >= 11 is 5.07. The minimum absolute atomic E-state index is 0. The van der Waals surface area contributed by atoms with Gasteiger partial charge in [0.05, 0.1) is 40.4 Å². The van der Waals surface area contributed by atoms with Crippen molar-refractivity contribution >= 4 is 57.0 Å². The number of aromatic nitrogens is 2. The summed E-state index contributed by atoms with van der Waals surface area (Å²) in [5, 5.41) is 12.6. The molecular weight excluding hydrogens is 530 g/mol. The van der Waals surface area contributed by atoms with Gasteiger partial charge in [0.2, 0.25) is 0 Å². The lowest BCUT2D eigenvalue weighted by Crippen LogP contribution is -2.35. The predicted molar refractivity (Wildman–Crippen MR) is 135 cm³/mol. The Kier molecular flexibility index (Phi) is 9.06. The van der Waals surface area contributed by atoms with E-state index < -0.39 is 0 Å². The number of nitrogens with zero attached hydrogens (tertiary/aromatic N) is 3. The smallest absolute Gasteiger partial charge is 0.340 e. The number of morpholine rings is 1. The highest BCUT2D eigenvalue weighted by Crippen LogP contribution is 2.41. The summed E-state index contributed by atoms with van der Waals surface area (Å²) in [6.07, 6.45) is 1.76. The van der Waals surface area contributed by atoms with E-state index in [1.54, 1.807) is 24.9 Å². The Bertz CT molecular complexity index is 1120. The van der Waals surface area contributed by atoms with Crippen LogP contribution in [-0.2, 0) is 28.8 Å². The number of fused-ring (bicyclic) bond motifs is 1. The zero-order chi connectivity index (χ0) is 22.7. The quantitative estimate of drug-likeness (QED) is 0.332. The number of carbonyl (C=O) groups is 1. The summed E-state index contributed by atoms with van der Waals surface area (Å²) in [6.45, 7) is 5.47. The molecule has 3 aromatic rings. The molecule has 10 heteroatoms. The van der Waals surface area contributed by atoms with E-state index in [0.717, 1.165) is 40.3 Å². The van der Waals surface area contributed by atoms with Crippen LogP contribution in [0.3, 0.4) is 0 Å². The van der Waals surface area contributed by atoms with Crippen molar-refractivity contribution in [1.29, 1.82) is 0 Å². The number of ether oxygens (including phenoxy) is 2. The number of phenolic OH excluding ortho intramolecular Hbond substituents is 1. The lowest BCUT2D eigenvalue weighted by atomic mass is 10.0. The molecule has 4 rings (SSSR count). The molecule has 1 aliphatic heterocycles. The first-order valence-corrected chi connectivity index (χ1v) is 12.3. The van der Waals surface area contributed by atoms with E-state index in [0.29, 0.717) is 35.5 Å². The van der Waals surface area contributed by atoms with Gasteiger partial charge in [0.15, 0.2) is 0 Å². The number of aromatic hydroxyl groups is 1. The number of aryl methyl sites for hydroxylation is 1. The number of thioether (sulfide) groups is 1. The van der Waals surface area contributed by atoms with Crippen LogP contribution in [0.25, 0.3) is 10.9 Å². The Morgan fingerprint density at radius 3 is 2.76 bits per heavy atom. The van der Waals surface area contributed by atoms with Crippen molar-refractivity contribution < 1.29 is 19.4 Å². The summed E-state index contributed by atoms with van der Waals surface area (Å²) in [5.74, 6) is 0.329. The van der Waals surface area contributed by atoms with Crippen LogP contribution < -0.4 is 0 Å². The van der Waals surface area contributed by atoms with Gasteiger partial charge in [-0.15, -0.1) is 24.2 Å². The van der Waals surface area contributed by atoms with Crippen molar-refractivity contribution in [2.24, 2.45) is 7.05 Å². The van der Waals surface area contributed by atoms with Crippen LogP contribution in [-0.4, -0.2) is 58.4 Å². The van der Waals surface area contributed by atoms with E-state index >= 15 is 0 Å². The van der Waals surface area contributed by atoms with Gasteiger partial charge in [-0.2, -0.15) is 0 Å². The molecule has 1 saturated heterocycles.